The van der Waals surface area contributed by atoms with Crippen LogP contribution in [0.15, 0.2) is 85.1 Å². The van der Waals surface area contributed by atoms with Crippen molar-refractivity contribution in [1.82, 2.24) is 52.8 Å². The monoisotopic (exact) mass is 1150 g/mol. The first-order valence-electron chi connectivity index (χ1n) is 26.0. The zero-order valence-electron chi connectivity index (χ0n) is 44.2. The molecule has 2 heterocycles. The number of hydrogen-bond acceptors (Lipinski definition) is 14. The molecule has 4 aromatic rings. The van der Waals surface area contributed by atoms with E-state index in [1.807, 2.05) is 0 Å². The molecule has 1 aliphatic heterocycles. The molecule has 10 amide bonds. The van der Waals surface area contributed by atoms with Gasteiger partial charge in [0.1, 0.15) is 42.0 Å². The fourth-order valence-corrected chi connectivity index (χ4v) is 9.00. The topological polar surface area (TPSA) is 422 Å². The van der Waals surface area contributed by atoms with Gasteiger partial charge in [-0.1, -0.05) is 60.7 Å². The van der Waals surface area contributed by atoms with Crippen molar-refractivity contribution in [2.75, 3.05) is 19.6 Å². The van der Waals surface area contributed by atoms with Crippen molar-refractivity contribution in [2.45, 2.75) is 120 Å². The summed E-state index contributed by atoms with van der Waals surface area (Å²) in [6, 6.07) is 11.9. The Hall–Kier alpha value is -8.92. The predicted octanol–water partition coefficient (Wildman–Crippen LogP) is -1.25. The molecule has 0 bridgehead atoms. The number of nitrogens with one attached hydrogen (secondary N) is 10. The van der Waals surface area contributed by atoms with Gasteiger partial charge in [0.05, 0.1) is 13.0 Å². The molecule has 436 valence electrons. The highest BCUT2D eigenvalue weighted by Crippen LogP contribution is 2.20. The van der Waals surface area contributed by atoms with Crippen LogP contribution < -0.4 is 57.8 Å². The molecule has 14 N–H and O–H groups in total. The fraction of sp³-hybridized carbons (Fsp3) is 0.415. The van der Waals surface area contributed by atoms with Crippen molar-refractivity contribution in [3.63, 3.8) is 0 Å². The number of carboxylic acids is 1. The van der Waals surface area contributed by atoms with Gasteiger partial charge in [0.25, 0.3) is 0 Å². The molecule has 0 saturated carbocycles. The summed E-state index contributed by atoms with van der Waals surface area (Å²) < 4.78 is 35.8. The van der Waals surface area contributed by atoms with E-state index in [0.29, 0.717) is 34.0 Å². The lowest BCUT2D eigenvalue weighted by Crippen LogP contribution is -2.59. The third kappa shape index (κ3) is 22.0. The number of primary amides is 1. The van der Waals surface area contributed by atoms with Gasteiger partial charge in [0, 0.05) is 69.2 Å². The maximum atomic E-state index is 14.6. The molecule has 1 fully saturated rings. The highest BCUT2D eigenvalue weighted by Gasteiger charge is 2.34. The lowest BCUT2D eigenvalue weighted by molar-refractivity contribution is -0.141. The largest absolute Gasteiger partial charge is 0.481 e. The maximum Gasteiger partial charge on any atom is 0.446 e. The standard InChI is InChI=1S/C53H67N11O16S/c1-31(65)59-41(26-33-17-19-35(20-18-33)80-81(77,78)79)51(74)61-38-15-7-9-23-55-44(66)21-22-45(67)56-24-10-8-16-39(50(73)64-43(28-47(69)70)53(76)63-40(48(54)71)25-32-11-3-2-4-12-32)62-52(75)42(60-46(68)30-58-49(38)72)27-34-29-57-37-14-6-5-13-36(34)37/h2-6,11-14,17-20,29,38-43,57H,7-10,15-16,21-28,30H2,1H3,(H2,54,71)(H,55,66)(H,56,67)(H,58,72)(H,59,65)(H,60,68)(H,61,74)(H,62,75)(H,63,76)(H,64,73)(H,69,70)(H,77,78,79)/t38-,39-,40-,41-,42-,43-/m0/s1. The molecular weight excluding hydrogens is 1080 g/mol. The van der Waals surface area contributed by atoms with E-state index in [9.17, 15) is 66.3 Å². The number of carbonyl (C=O) groups excluding carboxylic acids is 10. The second-order valence-corrected chi connectivity index (χ2v) is 20.2. The van der Waals surface area contributed by atoms with Crippen molar-refractivity contribution >= 4 is 86.3 Å². The Morgan fingerprint density at radius 3 is 1.94 bits per heavy atom. The SMILES string of the molecule is CC(=O)N[C@@H](Cc1ccc(OS(=O)(=O)O)cc1)C(=O)N[C@H]1CCCCNC(=O)CCC(=O)NCCCC[C@@H](C(=O)N[C@@H](CC(=O)O)C(=O)N[C@@H](Cc2ccccc2)C(N)=O)NC(=O)[C@H](Cc2c[nH]c3ccccc23)NC(=O)CNC1=O. The molecule has 1 saturated heterocycles. The second kappa shape index (κ2) is 31.0. The molecule has 81 heavy (non-hydrogen) atoms. The summed E-state index contributed by atoms with van der Waals surface area (Å²) in [5, 5.41) is 33.5. The summed E-state index contributed by atoms with van der Waals surface area (Å²) in [5.74, 6) is -9.87. The summed E-state index contributed by atoms with van der Waals surface area (Å²) in [7, 11) is -4.84. The first kappa shape index (κ1) is 62.9. The smallest absolute Gasteiger partial charge is 0.446 e. The summed E-state index contributed by atoms with van der Waals surface area (Å²) in [6.07, 6.45) is 0.550. The van der Waals surface area contributed by atoms with E-state index in [2.05, 4.69) is 57.0 Å². The molecule has 1 aliphatic rings. The van der Waals surface area contributed by atoms with Crippen molar-refractivity contribution < 1.29 is 75.0 Å². The zero-order chi connectivity index (χ0) is 59.1. The Balaban J connectivity index is 1.41. The number of amides is 10. The Bertz CT molecular complexity index is 3010. The number of aliphatic carboxylic acids is 1. The molecular formula is C53H67N11O16S. The average Bonchev–Trinajstić information content (AvgIpc) is 3.82. The van der Waals surface area contributed by atoms with Crippen LogP contribution in [0.25, 0.3) is 10.9 Å². The summed E-state index contributed by atoms with van der Waals surface area (Å²) in [4.78, 5) is 150. The first-order chi connectivity index (χ1) is 38.5. The molecule has 1 aromatic heterocycles. The minimum Gasteiger partial charge on any atom is -0.481 e. The van der Waals surface area contributed by atoms with Crippen LogP contribution in [-0.4, -0.2) is 144 Å². The normalized spacial score (nSPS) is 18.7. The van der Waals surface area contributed by atoms with E-state index in [0.717, 1.165) is 6.92 Å². The van der Waals surface area contributed by atoms with Gasteiger partial charge in [-0.15, -0.1) is 0 Å². The van der Waals surface area contributed by atoms with Crippen LogP contribution in [0.3, 0.4) is 0 Å². The number of carboxylic acid groups (broad SMARTS) is 1. The number of fused-ring (bicyclic) bond motifs is 1. The van der Waals surface area contributed by atoms with Crippen LogP contribution >= 0.6 is 0 Å². The number of nitrogens with two attached hydrogens (primary N) is 1. The van der Waals surface area contributed by atoms with Crippen molar-refractivity contribution in [3.8, 4) is 5.75 Å². The number of aromatic amines is 1. The van der Waals surface area contributed by atoms with Gasteiger partial charge in [0.2, 0.25) is 59.1 Å². The fourth-order valence-electron chi connectivity index (χ4n) is 8.65. The van der Waals surface area contributed by atoms with Gasteiger partial charge < -0.3 is 67.9 Å². The molecule has 0 unspecified atom stereocenters. The van der Waals surface area contributed by atoms with Crippen molar-refractivity contribution in [3.05, 3.63) is 102 Å². The summed E-state index contributed by atoms with van der Waals surface area (Å²) >= 11 is 0. The highest BCUT2D eigenvalue weighted by molar-refractivity contribution is 7.81. The number of hydrogen-bond donors (Lipinski definition) is 13. The number of aromatic nitrogens is 1. The van der Waals surface area contributed by atoms with Crippen molar-refractivity contribution in [1.29, 1.82) is 0 Å². The van der Waals surface area contributed by atoms with Crippen LogP contribution in [-0.2, 0) is 82.4 Å². The molecule has 5 rings (SSSR count). The maximum absolute atomic E-state index is 14.6. The van der Waals surface area contributed by atoms with Crippen LogP contribution in [0.4, 0.5) is 0 Å². The first-order valence-corrected chi connectivity index (χ1v) is 27.3. The average molecular weight is 1150 g/mol. The van der Waals surface area contributed by atoms with E-state index < -0.39 is 125 Å². The van der Waals surface area contributed by atoms with Crippen LogP contribution in [0.5, 0.6) is 5.75 Å². The zero-order valence-corrected chi connectivity index (χ0v) is 45.1. The van der Waals surface area contributed by atoms with Crippen LogP contribution in [0, 0.1) is 0 Å². The van der Waals surface area contributed by atoms with Crippen molar-refractivity contribution in [2.24, 2.45) is 5.73 Å². The number of carbonyl (C=O) groups is 11. The van der Waals surface area contributed by atoms with E-state index in [1.54, 1.807) is 60.8 Å². The van der Waals surface area contributed by atoms with Gasteiger partial charge in [-0.3, -0.25) is 57.3 Å². The minimum atomic E-state index is -4.84. The Morgan fingerprint density at radius 2 is 1.31 bits per heavy atom. The highest BCUT2D eigenvalue weighted by atomic mass is 32.3. The molecule has 27 nitrogen and oxygen atoms in total. The molecule has 0 aliphatic carbocycles. The summed E-state index contributed by atoms with van der Waals surface area (Å²) in [5.41, 5.74) is 7.85. The van der Waals surface area contributed by atoms with Gasteiger partial charge in [-0.2, -0.15) is 8.42 Å². The Morgan fingerprint density at radius 1 is 0.691 bits per heavy atom. The van der Waals surface area contributed by atoms with Gasteiger partial charge in [-0.25, -0.2) is 0 Å². The Labute approximate surface area is 465 Å². The molecule has 3 aromatic carbocycles. The molecule has 28 heteroatoms. The second-order valence-electron chi connectivity index (χ2n) is 19.1. The van der Waals surface area contributed by atoms with Gasteiger partial charge in [-0.05, 0) is 73.4 Å². The van der Waals surface area contributed by atoms with Gasteiger partial charge >= 0.3 is 16.4 Å². The predicted molar refractivity (Wildman–Crippen MR) is 289 cm³/mol. The number of benzene rings is 3. The van der Waals surface area contributed by atoms with Crippen LogP contribution in [0.2, 0.25) is 0 Å². The Kier molecular flexibility index (Phi) is 24.1. The lowest BCUT2D eigenvalue weighted by Gasteiger charge is -2.26. The molecule has 0 spiro atoms. The van der Waals surface area contributed by atoms with Gasteiger partial charge in [0.15, 0.2) is 0 Å². The summed E-state index contributed by atoms with van der Waals surface area (Å²) in [6.45, 7) is 0.595. The van der Waals surface area contributed by atoms with Crippen LogP contribution in [0.1, 0.15) is 81.4 Å². The third-order valence-electron chi connectivity index (χ3n) is 12.7. The number of rotatable bonds is 18. The third-order valence-corrected chi connectivity index (χ3v) is 13.1. The minimum absolute atomic E-state index is 0.0601. The quantitative estimate of drug-likeness (QED) is 0.0518. The van der Waals surface area contributed by atoms with E-state index in [1.165, 1.54) is 24.3 Å². The van der Waals surface area contributed by atoms with E-state index in [4.69, 9.17) is 10.3 Å². The van der Waals surface area contributed by atoms with E-state index in [-0.39, 0.29) is 83.0 Å². The number of H-pyrrole nitrogens is 1. The lowest BCUT2D eigenvalue weighted by atomic mass is 10.0. The number of para-hydroxylation sites is 1. The van der Waals surface area contributed by atoms with E-state index >= 15 is 0 Å². The molecule has 6 atom stereocenters. The molecule has 0 radical (unpaired) electrons.